The summed E-state index contributed by atoms with van der Waals surface area (Å²) in [5.41, 5.74) is 1.62. The van der Waals surface area contributed by atoms with Crippen molar-refractivity contribution >= 4 is 0 Å². The standard InChI is InChI=1S/C9H14N6O/c1-6-8(14-16-13-6)4-10-7(2)9-12-11-5-15(9)3/h5,7,10H,4H2,1-3H3. The van der Waals surface area contributed by atoms with Crippen LogP contribution in [0.15, 0.2) is 11.0 Å². The van der Waals surface area contributed by atoms with Gasteiger partial charge in [0.05, 0.1) is 6.04 Å². The van der Waals surface area contributed by atoms with Crippen LogP contribution in [0.4, 0.5) is 0 Å². The molecule has 0 saturated carbocycles. The van der Waals surface area contributed by atoms with E-state index in [9.17, 15) is 0 Å². The van der Waals surface area contributed by atoms with E-state index < -0.39 is 0 Å². The van der Waals surface area contributed by atoms with Gasteiger partial charge in [0.1, 0.15) is 23.5 Å². The zero-order valence-electron chi connectivity index (χ0n) is 9.51. The largest absolute Gasteiger partial charge is 0.319 e. The Morgan fingerprint density at radius 2 is 2.31 bits per heavy atom. The first-order valence-electron chi connectivity index (χ1n) is 5.03. The minimum atomic E-state index is 0.101. The molecule has 7 heteroatoms. The summed E-state index contributed by atoms with van der Waals surface area (Å²) in [6.07, 6.45) is 1.68. The Hall–Kier alpha value is -1.76. The Balaban J connectivity index is 1.97. The van der Waals surface area contributed by atoms with Gasteiger partial charge in [0.2, 0.25) is 0 Å². The first-order valence-corrected chi connectivity index (χ1v) is 5.03. The number of hydrogen-bond acceptors (Lipinski definition) is 6. The van der Waals surface area contributed by atoms with Crippen LogP contribution in [0.25, 0.3) is 0 Å². The Kier molecular flexibility index (Phi) is 2.95. The predicted octanol–water partition coefficient (Wildman–Crippen LogP) is 0.357. The highest BCUT2D eigenvalue weighted by Crippen LogP contribution is 2.09. The molecule has 1 atom stereocenters. The third-order valence-electron chi connectivity index (χ3n) is 2.46. The Morgan fingerprint density at radius 1 is 1.50 bits per heavy atom. The van der Waals surface area contributed by atoms with E-state index in [1.165, 1.54) is 0 Å². The molecule has 0 radical (unpaired) electrons. The third-order valence-corrected chi connectivity index (χ3v) is 2.46. The molecule has 86 valence electrons. The van der Waals surface area contributed by atoms with E-state index in [4.69, 9.17) is 0 Å². The maximum atomic E-state index is 4.62. The zero-order chi connectivity index (χ0) is 11.5. The van der Waals surface area contributed by atoms with E-state index >= 15 is 0 Å². The van der Waals surface area contributed by atoms with Gasteiger partial charge in [-0.05, 0) is 13.8 Å². The zero-order valence-corrected chi connectivity index (χ0v) is 9.51. The molecule has 0 aromatic carbocycles. The molecule has 0 aliphatic heterocycles. The molecule has 0 aliphatic rings. The fourth-order valence-corrected chi connectivity index (χ4v) is 1.44. The lowest BCUT2D eigenvalue weighted by atomic mass is 10.3. The van der Waals surface area contributed by atoms with Crippen LogP contribution in [0, 0.1) is 6.92 Å². The van der Waals surface area contributed by atoms with Gasteiger partial charge in [-0.3, -0.25) is 0 Å². The van der Waals surface area contributed by atoms with Gasteiger partial charge in [0, 0.05) is 13.6 Å². The van der Waals surface area contributed by atoms with Gasteiger partial charge in [0.25, 0.3) is 0 Å². The number of aromatic nitrogens is 5. The fraction of sp³-hybridized carbons (Fsp3) is 0.556. The van der Waals surface area contributed by atoms with Crippen LogP contribution in [-0.2, 0) is 13.6 Å². The highest BCUT2D eigenvalue weighted by Gasteiger charge is 2.12. The van der Waals surface area contributed by atoms with Gasteiger partial charge in [0.15, 0.2) is 0 Å². The molecule has 7 nitrogen and oxygen atoms in total. The molecular formula is C9H14N6O. The maximum Gasteiger partial charge on any atom is 0.149 e. The van der Waals surface area contributed by atoms with Crippen molar-refractivity contribution in [2.75, 3.05) is 0 Å². The summed E-state index contributed by atoms with van der Waals surface area (Å²) in [5.74, 6) is 0.883. The Morgan fingerprint density at radius 3 is 2.88 bits per heavy atom. The molecule has 2 heterocycles. The van der Waals surface area contributed by atoms with E-state index in [2.05, 4.69) is 30.5 Å². The summed E-state index contributed by atoms with van der Waals surface area (Å²) in [4.78, 5) is 0. The van der Waals surface area contributed by atoms with Crippen LogP contribution in [-0.4, -0.2) is 25.1 Å². The Labute approximate surface area is 92.8 Å². The molecule has 0 amide bonds. The molecule has 2 aromatic rings. The fourth-order valence-electron chi connectivity index (χ4n) is 1.44. The highest BCUT2D eigenvalue weighted by atomic mass is 16.6. The van der Waals surface area contributed by atoms with Crippen LogP contribution in [0.3, 0.4) is 0 Å². The second-order valence-electron chi connectivity index (χ2n) is 3.70. The Bertz CT molecular complexity index is 462. The number of nitrogens with one attached hydrogen (secondary N) is 1. The number of hydrogen-bond donors (Lipinski definition) is 1. The quantitative estimate of drug-likeness (QED) is 0.804. The number of aryl methyl sites for hydroxylation is 2. The topological polar surface area (TPSA) is 81.7 Å². The predicted molar refractivity (Wildman–Crippen MR) is 55.3 cm³/mol. The van der Waals surface area contributed by atoms with Crippen molar-refractivity contribution in [3.05, 3.63) is 23.5 Å². The van der Waals surface area contributed by atoms with Crippen LogP contribution in [0.2, 0.25) is 0 Å². The lowest BCUT2D eigenvalue weighted by Crippen LogP contribution is -2.21. The van der Waals surface area contributed by atoms with Gasteiger partial charge in [-0.25, -0.2) is 4.63 Å². The molecule has 0 bridgehead atoms. The second kappa shape index (κ2) is 4.40. The number of rotatable bonds is 4. The summed E-state index contributed by atoms with van der Waals surface area (Å²) in [6.45, 7) is 4.48. The smallest absolute Gasteiger partial charge is 0.149 e. The average Bonchev–Trinajstić information content (AvgIpc) is 2.84. The molecule has 1 unspecified atom stereocenters. The van der Waals surface area contributed by atoms with E-state index in [1.807, 2.05) is 25.5 Å². The first kappa shape index (κ1) is 10.7. The summed E-state index contributed by atoms with van der Waals surface area (Å²) < 4.78 is 6.50. The molecule has 0 aliphatic carbocycles. The van der Waals surface area contributed by atoms with Crippen LogP contribution in [0.5, 0.6) is 0 Å². The van der Waals surface area contributed by atoms with E-state index in [-0.39, 0.29) is 6.04 Å². The maximum absolute atomic E-state index is 4.62. The molecule has 0 saturated heterocycles. The highest BCUT2D eigenvalue weighted by molar-refractivity contribution is 5.04. The number of nitrogens with zero attached hydrogens (tertiary/aromatic N) is 5. The SMILES string of the molecule is Cc1nonc1CNC(C)c1nncn1C. The van der Waals surface area contributed by atoms with Crippen LogP contribution >= 0.6 is 0 Å². The van der Waals surface area contributed by atoms with Gasteiger partial charge >= 0.3 is 0 Å². The van der Waals surface area contributed by atoms with Gasteiger partial charge in [-0.1, -0.05) is 10.3 Å². The monoisotopic (exact) mass is 222 g/mol. The van der Waals surface area contributed by atoms with Crippen molar-refractivity contribution in [2.45, 2.75) is 26.4 Å². The first-order chi connectivity index (χ1) is 7.68. The van der Waals surface area contributed by atoms with Crippen molar-refractivity contribution in [1.29, 1.82) is 0 Å². The van der Waals surface area contributed by atoms with Crippen LogP contribution in [0.1, 0.15) is 30.2 Å². The van der Waals surface area contributed by atoms with Crippen molar-refractivity contribution in [3.8, 4) is 0 Å². The molecule has 2 aromatic heterocycles. The summed E-state index contributed by atoms with van der Waals surface area (Å²) in [5, 5.41) is 18.7. The van der Waals surface area contributed by atoms with E-state index in [1.54, 1.807) is 6.33 Å². The third kappa shape index (κ3) is 2.08. The van der Waals surface area contributed by atoms with Crippen molar-refractivity contribution in [1.82, 2.24) is 30.4 Å². The van der Waals surface area contributed by atoms with Crippen LogP contribution < -0.4 is 5.32 Å². The van der Waals surface area contributed by atoms with Gasteiger partial charge in [-0.15, -0.1) is 10.2 Å². The van der Waals surface area contributed by atoms with E-state index in [0.717, 1.165) is 17.2 Å². The minimum absolute atomic E-state index is 0.101. The van der Waals surface area contributed by atoms with Gasteiger partial charge in [-0.2, -0.15) is 0 Å². The molecule has 1 N–H and O–H groups in total. The minimum Gasteiger partial charge on any atom is -0.319 e. The normalized spacial score (nSPS) is 12.9. The second-order valence-corrected chi connectivity index (χ2v) is 3.70. The summed E-state index contributed by atoms with van der Waals surface area (Å²) in [6, 6.07) is 0.101. The van der Waals surface area contributed by atoms with Crippen molar-refractivity contribution < 1.29 is 4.63 Å². The molecule has 0 spiro atoms. The lowest BCUT2D eigenvalue weighted by Gasteiger charge is -2.11. The molecular weight excluding hydrogens is 208 g/mol. The lowest BCUT2D eigenvalue weighted by molar-refractivity contribution is 0.299. The molecule has 0 fully saturated rings. The molecule has 2 rings (SSSR count). The molecule has 16 heavy (non-hydrogen) atoms. The average molecular weight is 222 g/mol. The van der Waals surface area contributed by atoms with E-state index in [0.29, 0.717) is 6.54 Å². The summed E-state index contributed by atoms with van der Waals surface area (Å²) in [7, 11) is 1.91. The summed E-state index contributed by atoms with van der Waals surface area (Å²) >= 11 is 0. The van der Waals surface area contributed by atoms with Crippen molar-refractivity contribution in [2.24, 2.45) is 7.05 Å². The van der Waals surface area contributed by atoms with Gasteiger partial charge < -0.3 is 9.88 Å². The van der Waals surface area contributed by atoms with Crippen molar-refractivity contribution in [3.63, 3.8) is 0 Å².